The number of halogens is 1. The van der Waals surface area contributed by atoms with E-state index < -0.39 is 5.83 Å². The highest BCUT2D eigenvalue weighted by molar-refractivity contribution is 6.17. The van der Waals surface area contributed by atoms with Gasteiger partial charge in [-0.05, 0) is 13.0 Å². The van der Waals surface area contributed by atoms with E-state index in [1.54, 1.807) is 6.92 Å². The molecule has 0 fully saturated rings. The molecule has 0 amide bonds. The Bertz CT molecular complexity index is 124. The van der Waals surface area contributed by atoms with Crippen LogP contribution in [0.2, 0.25) is 0 Å². The predicted octanol–water partition coefficient (Wildman–Crippen LogP) is 0.828. The summed E-state index contributed by atoms with van der Waals surface area (Å²) in [4.78, 5) is 0. The largest absolute Gasteiger partial charge is 0.402 e. The van der Waals surface area contributed by atoms with Crippen LogP contribution in [0.1, 0.15) is 6.92 Å². The van der Waals surface area contributed by atoms with Crippen LogP contribution in [0.5, 0.6) is 0 Å². The fraction of sp³-hybridized carbons (Fsp3) is 0.200. The molecule has 0 aliphatic rings. The van der Waals surface area contributed by atoms with Crippen molar-refractivity contribution in [1.29, 1.82) is 0 Å². The number of hydrogen-bond donors (Lipinski definition) is 1. The maximum absolute atomic E-state index is 12.0. The van der Waals surface area contributed by atoms with Gasteiger partial charge in [-0.3, -0.25) is 0 Å². The van der Waals surface area contributed by atoms with E-state index in [9.17, 15) is 4.39 Å². The van der Waals surface area contributed by atoms with Crippen LogP contribution in [-0.4, -0.2) is 7.85 Å². The van der Waals surface area contributed by atoms with Gasteiger partial charge in [0.05, 0.1) is 0 Å². The molecule has 0 unspecified atom stereocenters. The predicted molar refractivity (Wildman–Crippen MR) is 32.9 cm³/mol. The molecule has 0 spiro atoms. The summed E-state index contributed by atoms with van der Waals surface area (Å²) in [5.41, 5.74) is 5.50. The van der Waals surface area contributed by atoms with Gasteiger partial charge in [-0.25, -0.2) is 4.39 Å². The number of hydrogen-bond acceptors (Lipinski definition) is 1. The van der Waals surface area contributed by atoms with E-state index in [0.29, 0.717) is 5.70 Å². The van der Waals surface area contributed by atoms with Gasteiger partial charge in [-0.15, -0.1) is 0 Å². The second kappa shape index (κ2) is 3.30. The quantitative estimate of drug-likeness (QED) is 0.393. The first-order chi connectivity index (χ1) is 3.66. The van der Waals surface area contributed by atoms with Crippen LogP contribution in [0.25, 0.3) is 0 Å². The van der Waals surface area contributed by atoms with Gasteiger partial charge >= 0.3 is 0 Å². The Morgan fingerprint density at radius 3 is 2.38 bits per heavy atom. The molecule has 0 aromatic carbocycles. The third-order valence-electron chi connectivity index (χ3n) is 0.525. The summed E-state index contributed by atoms with van der Waals surface area (Å²) in [5.74, 6) is 0.348. The summed E-state index contributed by atoms with van der Waals surface area (Å²) in [7, 11) is 4.78. The van der Waals surface area contributed by atoms with Gasteiger partial charge < -0.3 is 5.73 Å². The van der Waals surface area contributed by atoms with Crippen LogP contribution < -0.4 is 5.73 Å². The van der Waals surface area contributed by atoms with E-state index in [-0.39, 0.29) is 0 Å². The number of rotatable bonds is 1. The normalized spacial score (nSPS) is 14.2. The Morgan fingerprint density at radius 2 is 2.25 bits per heavy atom. The molecule has 0 bridgehead atoms. The first kappa shape index (κ1) is 7.27. The second-order valence-electron chi connectivity index (χ2n) is 1.44. The lowest BCUT2D eigenvalue weighted by atomic mass is 10.1. The maximum atomic E-state index is 12.0. The van der Waals surface area contributed by atoms with Gasteiger partial charge in [0.25, 0.3) is 0 Å². The van der Waals surface area contributed by atoms with Crippen molar-refractivity contribution in [2.75, 3.05) is 0 Å². The third-order valence-corrected chi connectivity index (χ3v) is 0.525. The Kier molecular flexibility index (Phi) is 3.00. The Morgan fingerprint density at radius 1 is 1.75 bits per heavy atom. The second-order valence-corrected chi connectivity index (χ2v) is 1.44. The summed E-state index contributed by atoms with van der Waals surface area (Å²) < 4.78 is 12.0. The van der Waals surface area contributed by atoms with Gasteiger partial charge in [0.2, 0.25) is 0 Å². The van der Waals surface area contributed by atoms with Crippen LogP contribution >= 0.6 is 0 Å². The molecular formula is C5H7BFN. The molecule has 0 aromatic heterocycles. The molecule has 0 heterocycles. The van der Waals surface area contributed by atoms with Crippen molar-refractivity contribution in [3.8, 4) is 0 Å². The fourth-order valence-corrected chi connectivity index (χ4v) is 0.266. The Balaban J connectivity index is 3.89. The monoisotopic (exact) mass is 111 g/mol. The van der Waals surface area contributed by atoms with E-state index in [2.05, 4.69) is 0 Å². The molecule has 0 atom stereocenters. The van der Waals surface area contributed by atoms with Crippen molar-refractivity contribution < 1.29 is 4.39 Å². The zero-order valence-corrected chi connectivity index (χ0v) is 4.69. The minimum absolute atomic E-state index is 0.407. The molecule has 2 radical (unpaired) electrons. The van der Waals surface area contributed by atoms with Gasteiger partial charge in [0.15, 0.2) is 0 Å². The molecule has 0 aliphatic heterocycles. The topological polar surface area (TPSA) is 26.0 Å². The van der Waals surface area contributed by atoms with E-state index in [0.717, 1.165) is 12.1 Å². The lowest BCUT2D eigenvalue weighted by Gasteiger charge is -1.85. The van der Waals surface area contributed by atoms with Crippen LogP contribution in [0.4, 0.5) is 4.39 Å². The average molecular weight is 111 g/mol. The number of allylic oxidation sites excluding steroid dienone is 3. The highest BCUT2D eigenvalue weighted by Crippen LogP contribution is 1.96. The standard InChI is InChI=1S/C5H7BFN/c1-4(8)2-5(7)3-6/h2-3H,8H2,1H3/b4-2+,5-3-. The molecule has 0 rings (SSSR count). The SMILES string of the molecule is [B]/C=C(F)/C=C(\C)N. The average Bonchev–Trinajstić information content (AvgIpc) is 1.65. The third kappa shape index (κ3) is 3.46. The van der Waals surface area contributed by atoms with E-state index in [1.807, 2.05) is 0 Å². The molecule has 0 aliphatic carbocycles. The molecule has 42 valence electrons. The smallest absolute Gasteiger partial charge is 0.110 e. The van der Waals surface area contributed by atoms with Crippen LogP contribution in [0, 0.1) is 0 Å². The fourth-order valence-electron chi connectivity index (χ4n) is 0.266. The van der Waals surface area contributed by atoms with Crippen LogP contribution in [-0.2, 0) is 0 Å². The van der Waals surface area contributed by atoms with Crippen molar-refractivity contribution in [1.82, 2.24) is 0 Å². The zero-order valence-electron chi connectivity index (χ0n) is 4.69. The molecule has 0 saturated heterocycles. The minimum atomic E-state index is -0.509. The van der Waals surface area contributed by atoms with Crippen molar-refractivity contribution >= 4 is 7.85 Å². The summed E-state index contributed by atoms with van der Waals surface area (Å²) in [6, 6.07) is 0. The lowest BCUT2D eigenvalue weighted by molar-refractivity contribution is 0.667. The molecular weight excluding hydrogens is 104 g/mol. The highest BCUT2D eigenvalue weighted by Gasteiger charge is 1.82. The number of nitrogens with two attached hydrogens (primary N) is 1. The highest BCUT2D eigenvalue weighted by atomic mass is 19.1. The van der Waals surface area contributed by atoms with Gasteiger partial charge in [-0.2, -0.15) is 0 Å². The Labute approximate surface area is 49.5 Å². The van der Waals surface area contributed by atoms with Crippen molar-refractivity contribution in [3.63, 3.8) is 0 Å². The molecule has 8 heavy (non-hydrogen) atoms. The van der Waals surface area contributed by atoms with Gasteiger partial charge in [0.1, 0.15) is 13.7 Å². The van der Waals surface area contributed by atoms with Gasteiger partial charge in [0, 0.05) is 5.70 Å². The summed E-state index contributed by atoms with van der Waals surface area (Å²) >= 11 is 0. The molecule has 0 aromatic rings. The summed E-state index contributed by atoms with van der Waals surface area (Å²) in [6.45, 7) is 1.59. The zero-order chi connectivity index (χ0) is 6.57. The molecule has 2 N–H and O–H groups in total. The lowest BCUT2D eigenvalue weighted by Crippen LogP contribution is -1.89. The first-order valence-electron chi connectivity index (χ1n) is 2.18. The van der Waals surface area contributed by atoms with Gasteiger partial charge in [-0.1, -0.05) is 5.98 Å². The summed E-state index contributed by atoms with van der Waals surface area (Å²) in [5, 5.41) is 0. The molecule has 1 nitrogen and oxygen atoms in total. The van der Waals surface area contributed by atoms with Crippen LogP contribution in [0.15, 0.2) is 23.6 Å². The van der Waals surface area contributed by atoms with E-state index in [1.165, 1.54) is 0 Å². The molecule has 3 heteroatoms. The van der Waals surface area contributed by atoms with Crippen molar-refractivity contribution in [3.05, 3.63) is 23.6 Å². The first-order valence-corrected chi connectivity index (χ1v) is 2.18. The molecule has 0 saturated carbocycles. The van der Waals surface area contributed by atoms with E-state index >= 15 is 0 Å². The van der Waals surface area contributed by atoms with Crippen molar-refractivity contribution in [2.45, 2.75) is 6.92 Å². The minimum Gasteiger partial charge on any atom is -0.402 e. The van der Waals surface area contributed by atoms with E-state index in [4.69, 9.17) is 13.6 Å². The maximum Gasteiger partial charge on any atom is 0.110 e. The van der Waals surface area contributed by atoms with Crippen LogP contribution in [0.3, 0.4) is 0 Å². The Hall–Kier alpha value is -0.725. The summed E-state index contributed by atoms with van der Waals surface area (Å²) in [6.07, 6.45) is 1.15. The van der Waals surface area contributed by atoms with Crippen molar-refractivity contribution in [2.24, 2.45) is 5.73 Å².